The van der Waals surface area contributed by atoms with Gasteiger partial charge in [-0.25, -0.2) is 14.0 Å². The average Bonchev–Trinajstić information content (AvgIpc) is 1.66. The number of hydrogen-bond donors (Lipinski definition) is 4. The summed E-state index contributed by atoms with van der Waals surface area (Å²) in [5.74, 6) is 11.3. The SMILES string of the molecule is CCO.COc1ccc(-c2c(C)nn(-c3ccc(O)cc3)c2C)cc1.COc1ccc(-c2c(C)nn(-c3ccc(OCCCN4CCCC4)cc3)c2C)cc1.COc1ccc(-c2c(C)nn(-c3ccc(OCc4ccccc4)cc3)c2C)cc1.COc1ccc(C(C(C)=O)C(C)=O)cc1.Cl.ClCCCN1CCCC1.NNc1ccc(OCc2ccccc2)cc1. The molecule has 2 saturated heterocycles. The minimum absolute atomic E-state index is 0. The quantitative estimate of drug-likeness (QED) is 0.0117. The molecule has 21 nitrogen and oxygen atoms in total. The van der Waals surface area contributed by atoms with Gasteiger partial charge in [0.15, 0.2) is 0 Å². The number of hydrogen-bond acceptors (Lipinski definition) is 18. The van der Waals surface area contributed by atoms with E-state index in [-0.39, 0.29) is 36.3 Å². The number of likely N-dealkylation sites (tertiary alicyclic amines) is 2. The summed E-state index contributed by atoms with van der Waals surface area (Å²) in [4.78, 5) is 27.6. The molecule has 10 aromatic carbocycles. The number of carbonyl (C=O) groups excluding carboxylic acids is 2. The highest BCUT2D eigenvalue weighted by molar-refractivity contribution is 6.17. The number of Topliss-reactive ketones (excluding diaryl/α,β-unsaturated/α-hetero) is 2. The number of benzene rings is 10. The van der Waals surface area contributed by atoms with E-state index in [4.69, 9.17) is 65.9 Å². The number of hydrazine groups is 1. The summed E-state index contributed by atoms with van der Waals surface area (Å²) < 4.78 is 44.1. The van der Waals surface area contributed by atoms with E-state index in [9.17, 15) is 14.7 Å². The van der Waals surface area contributed by atoms with Gasteiger partial charge in [-0.05, 0) is 313 Å². The van der Waals surface area contributed by atoms with Crippen LogP contribution in [0.5, 0.6) is 46.0 Å². The molecule has 2 aliphatic rings. The van der Waals surface area contributed by atoms with Crippen LogP contribution in [0.2, 0.25) is 0 Å². The van der Waals surface area contributed by atoms with Crippen molar-refractivity contribution in [3.05, 3.63) is 306 Å². The zero-order valence-corrected chi connectivity index (χ0v) is 75.9. The molecule has 5 heterocycles. The van der Waals surface area contributed by atoms with Gasteiger partial charge in [0, 0.05) is 58.5 Å². The van der Waals surface area contributed by atoms with Crippen molar-refractivity contribution in [1.82, 2.24) is 39.1 Å². The second-order valence-electron chi connectivity index (χ2n) is 29.9. The molecular weight excluding hydrogens is 1610 g/mol. The molecule has 13 aromatic rings. The number of aryl methyl sites for hydroxylation is 3. The number of anilines is 1. The van der Waals surface area contributed by atoms with E-state index >= 15 is 0 Å². The van der Waals surface area contributed by atoms with Gasteiger partial charge in [-0.2, -0.15) is 15.3 Å². The molecule has 0 unspecified atom stereocenters. The van der Waals surface area contributed by atoms with Gasteiger partial charge in [0.2, 0.25) is 0 Å². The van der Waals surface area contributed by atoms with E-state index in [0.717, 1.165) is 168 Å². The number of aromatic hydroxyl groups is 1. The van der Waals surface area contributed by atoms with Crippen molar-refractivity contribution in [1.29, 1.82) is 0 Å². The summed E-state index contributed by atoms with van der Waals surface area (Å²) in [5, 5.41) is 31.2. The molecule has 5 N–H and O–H groups in total. The van der Waals surface area contributed by atoms with Crippen molar-refractivity contribution in [2.75, 3.05) is 92.2 Å². The van der Waals surface area contributed by atoms with E-state index in [1.807, 2.05) is 205 Å². The Bertz CT molecular complexity index is 5280. The minimum Gasteiger partial charge on any atom is -0.508 e. The third kappa shape index (κ3) is 29.8. The van der Waals surface area contributed by atoms with Crippen molar-refractivity contribution in [2.24, 2.45) is 5.84 Å². The zero-order valence-electron chi connectivity index (χ0n) is 74.4. The van der Waals surface area contributed by atoms with Crippen molar-refractivity contribution in [3.8, 4) is 96.4 Å². The maximum absolute atomic E-state index is 11.3. The molecule has 125 heavy (non-hydrogen) atoms. The van der Waals surface area contributed by atoms with E-state index in [1.54, 1.807) is 71.8 Å². The second-order valence-corrected chi connectivity index (χ2v) is 30.2. The van der Waals surface area contributed by atoms with Crippen LogP contribution in [0.15, 0.2) is 255 Å². The van der Waals surface area contributed by atoms with Gasteiger partial charge in [0.1, 0.15) is 76.7 Å². The van der Waals surface area contributed by atoms with Crippen molar-refractivity contribution in [3.63, 3.8) is 0 Å². The average molecular weight is 1740 g/mol. The van der Waals surface area contributed by atoms with Crippen LogP contribution in [0.4, 0.5) is 5.69 Å². The molecule has 0 bridgehead atoms. The van der Waals surface area contributed by atoms with Crippen LogP contribution in [-0.4, -0.2) is 148 Å². The van der Waals surface area contributed by atoms with Gasteiger partial charge in [-0.3, -0.25) is 15.4 Å². The highest BCUT2D eigenvalue weighted by Crippen LogP contribution is 2.35. The third-order valence-corrected chi connectivity index (χ3v) is 21.2. The van der Waals surface area contributed by atoms with E-state index < -0.39 is 5.92 Å². The summed E-state index contributed by atoms with van der Waals surface area (Å²) in [6, 6.07) is 82.3. The minimum atomic E-state index is -0.643. The summed E-state index contributed by atoms with van der Waals surface area (Å²) in [6.45, 7) is 26.5. The van der Waals surface area contributed by atoms with Crippen LogP contribution in [0.3, 0.4) is 0 Å². The van der Waals surface area contributed by atoms with E-state index in [0.29, 0.717) is 19.0 Å². The van der Waals surface area contributed by atoms with Gasteiger partial charge in [-0.1, -0.05) is 109 Å². The summed E-state index contributed by atoms with van der Waals surface area (Å²) in [5.41, 5.74) is 22.5. The zero-order chi connectivity index (χ0) is 88.7. The predicted molar refractivity (Wildman–Crippen MR) is 506 cm³/mol. The number of nitrogen functional groups attached to an aromatic ring is 1. The smallest absolute Gasteiger partial charge is 0.144 e. The molecule has 0 aliphatic carbocycles. The van der Waals surface area contributed by atoms with Crippen LogP contribution < -0.4 is 44.4 Å². The number of alkyl halides is 1. The number of phenols is 1. The topological polar surface area (TPSA) is 237 Å². The maximum Gasteiger partial charge on any atom is 0.144 e. The van der Waals surface area contributed by atoms with Crippen LogP contribution in [0.1, 0.15) is 116 Å². The highest BCUT2D eigenvalue weighted by atomic mass is 35.5. The summed E-state index contributed by atoms with van der Waals surface area (Å²) >= 11 is 5.55. The lowest BCUT2D eigenvalue weighted by Gasteiger charge is -2.14. The molecule has 0 atom stereocenters. The summed E-state index contributed by atoms with van der Waals surface area (Å²) in [6.07, 6.45) is 7.69. The number of ketones is 2. The monoisotopic (exact) mass is 1730 g/mol. The van der Waals surface area contributed by atoms with Gasteiger partial charge >= 0.3 is 0 Å². The normalized spacial score (nSPS) is 11.9. The lowest BCUT2D eigenvalue weighted by Crippen LogP contribution is -2.21. The maximum atomic E-state index is 11.3. The molecular formula is C102H122Cl2N10O11. The number of carbonyl (C=O) groups is 2. The van der Waals surface area contributed by atoms with Crippen LogP contribution >= 0.6 is 24.0 Å². The van der Waals surface area contributed by atoms with Gasteiger partial charge in [0.05, 0.1) is 69.2 Å². The first-order valence-electron chi connectivity index (χ1n) is 42.1. The first-order valence-corrected chi connectivity index (χ1v) is 42.6. The fourth-order valence-corrected chi connectivity index (χ4v) is 14.7. The van der Waals surface area contributed by atoms with Gasteiger partial charge < -0.3 is 58.6 Å². The Kier molecular flexibility index (Phi) is 40.7. The summed E-state index contributed by atoms with van der Waals surface area (Å²) in [7, 11) is 6.60. The molecule has 2 aliphatic heterocycles. The number of nitrogens with two attached hydrogens (primary N) is 1. The number of nitrogens with one attached hydrogen (secondary N) is 1. The lowest BCUT2D eigenvalue weighted by molar-refractivity contribution is -0.126. The van der Waals surface area contributed by atoms with Crippen LogP contribution in [0.25, 0.3) is 50.4 Å². The van der Waals surface area contributed by atoms with Crippen molar-refractivity contribution in [2.45, 2.75) is 120 Å². The van der Waals surface area contributed by atoms with E-state index in [1.165, 1.54) is 77.8 Å². The predicted octanol–water partition coefficient (Wildman–Crippen LogP) is 21.3. The van der Waals surface area contributed by atoms with Crippen LogP contribution in [0, 0.1) is 41.5 Å². The Morgan fingerprint density at radius 3 is 1.03 bits per heavy atom. The Morgan fingerprint density at radius 1 is 0.424 bits per heavy atom. The number of aromatic nitrogens is 6. The van der Waals surface area contributed by atoms with Gasteiger partial charge in [0.25, 0.3) is 0 Å². The number of nitrogens with zero attached hydrogens (tertiary/aromatic N) is 8. The fourth-order valence-electron chi connectivity index (χ4n) is 14.6. The number of phenolic OH excluding ortho intramolecular Hbond substituents is 1. The number of aliphatic hydroxyl groups excluding tert-OH is 1. The Hall–Kier alpha value is -12.2. The number of aliphatic hydroxyl groups is 1. The Morgan fingerprint density at radius 2 is 0.720 bits per heavy atom. The largest absolute Gasteiger partial charge is 0.508 e. The molecule has 0 spiro atoms. The van der Waals surface area contributed by atoms with Crippen molar-refractivity contribution < 1.29 is 53.0 Å². The first-order chi connectivity index (χ1) is 60.2. The molecule has 2 fully saturated rings. The molecule has 0 radical (unpaired) electrons. The molecule has 0 saturated carbocycles. The lowest BCUT2D eigenvalue weighted by atomic mass is 9.92. The van der Waals surface area contributed by atoms with E-state index in [2.05, 4.69) is 89.6 Å². The standard InChI is InChI=1S/C25H31N3O2.C25H24N2O2.C18H18N2O2.C13H14N2O.C12H14O3.C7H14ClN.C2H6O.ClH/c1-19-25(21-7-11-23(29-3)12-8-21)20(2)28(26-19)22-9-13-24(14-10-22)30-18-6-17-27-15-4-5-16-27;1-18-25(21-9-13-23(28-3)14-10-21)19(2)27(26-18)22-11-15-24(16-12-22)29-17-20-7-5-4-6-8-20;1-12-18(14-4-10-17(22-3)11-5-14)13(2)20(19-12)15-6-8-16(21)9-7-15;14-15-12-6-8-13(9-7-12)16-10-11-4-2-1-3-5-11;1-8(13)12(9(2)14)10-4-6-11(15-3)7-5-10;8-4-3-7-9-5-1-2-6-9;1-2-3;/h7-14H,4-6,15-18H2,1-3H3;4-16H,17H2,1-3H3;4-11,21H,1-3H3;1-9,15H,10,14H2;4-7,12H,1-3H3;1-7H2;3H,2H2,1H3;1H. The fraction of sp³-hybridized carbons (Fsp3) is 0.304. The Labute approximate surface area is 749 Å². The second kappa shape index (κ2) is 51.8. The third-order valence-electron chi connectivity index (χ3n) is 20.9. The molecule has 660 valence electrons. The molecule has 15 rings (SSSR count). The van der Waals surface area contributed by atoms with Crippen molar-refractivity contribution >= 4 is 41.3 Å². The molecule has 3 aromatic heterocycles. The molecule has 23 heteroatoms. The van der Waals surface area contributed by atoms with Crippen LogP contribution in [-0.2, 0) is 22.8 Å². The number of ether oxygens (including phenoxy) is 7. The van der Waals surface area contributed by atoms with Gasteiger partial charge in [-0.15, -0.1) is 24.0 Å². The number of halogens is 2. The number of rotatable bonds is 28. The first kappa shape index (κ1) is 98.2. The highest BCUT2D eigenvalue weighted by Gasteiger charge is 2.23. The number of methoxy groups -OCH3 is 4. The molecule has 0 amide bonds. The Balaban J connectivity index is 0.000000191.